The molecule has 129 valence electrons. The van der Waals surface area contributed by atoms with Crippen LogP contribution in [0.4, 0.5) is 0 Å². The maximum Gasteiger partial charge on any atom is 0.226 e. The van der Waals surface area contributed by atoms with Gasteiger partial charge in [-0.05, 0) is 19.4 Å². The minimum absolute atomic E-state index is 0. The molecule has 3 N–H and O–H groups in total. The molecule has 0 saturated heterocycles. The molecule has 6 nitrogen and oxygen atoms in total. The second-order valence-electron chi connectivity index (χ2n) is 4.52. The van der Waals surface area contributed by atoms with Gasteiger partial charge in [0.15, 0.2) is 0 Å². The monoisotopic (exact) mass is 391 g/mol. The molecular weight excluding hydrogens is 359 g/mol. The maximum atomic E-state index is 11.5. The van der Waals surface area contributed by atoms with Crippen molar-refractivity contribution in [2.24, 2.45) is 5.41 Å². The molecule has 0 heterocycles. The van der Waals surface area contributed by atoms with E-state index < -0.39 is 17.6 Å². The third kappa shape index (κ3) is 16.1. The van der Waals surface area contributed by atoms with E-state index in [-0.39, 0.29) is 59.0 Å². The first-order chi connectivity index (χ1) is 9.73. The van der Waals surface area contributed by atoms with Crippen LogP contribution in [0.25, 0.3) is 5.73 Å². The van der Waals surface area contributed by atoms with Crippen molar-refractivity contribution in [2.75, 3.05) is 19.6 Å². The molecule has 0 spiro atoms. The van der Waals surface area contributed by atoms with Crippen molar-refractivity contribution in [2.45, 2.75) is 47.5 Å². The minimum Gasteiger partial charge on any atom is -0.666 e. The Morgan fingerprint density at radius 1 is 1.36 bits per heavy atom. The number of carbonyl (C=O) groups excluding carboxylic acids is 3. The molecule has 0 fully saturated rings. The van der Waals surface area contributed by atoms with Crippen molar-refractivity contribution in [1.29, 1.82) is 0 Å². The van der Waals surface area contributed by atoms with Crippen molar-refractivity contribution in [3.8, 4) is 0 Å². The second kappa shape index (κ2) is 18.7. The number of amides is 2. The maximum absolute atomic E-state index is 11.5. The Hall–Kier alpha value is -0.326. The average Bonchev–Trinajstić information content (AvgIpc) is 2.44. The van der Waals surface area contributed by atoms with E-state index in [1.54, 1.807) is 0 Å². The van der Waals surface area contributed by atoms with Gasteiger partial charge in [-0.1, -0.05) is 28.2 Å². The Kier molecular flexibility index (Phi) is 22.6. The van der Waals surface area contributed by atoms with Gasteiger partial charge in [-0.25, -0.2) is 0 Å². The summed E-state index contributed by atoms with van der Waals surface area (Å²) < 4.78 is 6.46. The Balaban J connectivity index is -0.000000158. The molecule has 22 heavy (non-hydrogen) atoms. The summed E-state index contributed by atoms with van der Waals surface area (Å²) in [5, 5.41) is 5.28. The molecule has 7 heteroatoms. The third-order valence-corrected chi connectivity index (χ3v) is 3.10. The molecule has 0 saturated carbocycles. The van der Waals surface area contributed by atoms with Gasteiger partial charge in [0.05, 0.1) is 12.5 Å². The molecule has 0 rings (SSSR count). The summed E-state index contributed by atoms with van der Waals surface area (Å²) in [4.78, 5) is 31.7. The van der Waals surface area contributed by atoms with Gasteiger partial charge >= 0.3 is 0 Å². The van der Waals surface area contributed by atoms with Crippen LogP contribution in [0.1, 0.15) is 48.8 Å². The fraction of sp³-hybridized carbons (Fsp3) is 0.733. The summed E-state index contributed by atoms with van der Waals surface area (Å²) in [5.74, 6) is -0.902. The molecule has 0 unspecified atom stereocenters. The van der Waals surface area contributed by atoms with Crippen LogP contribution in [0.15, 0.2) is 0 Å². The van der Waals surface area contributed by atoms with Crippen LogP contribution in [0.2, 0.25) is 0 Å². The van der Waals surface area contributed by atoms with E-state index in [1.165, 1.54) is 0 Å². The Morgan fingerprint density at radius 3 is 2.18 bits per heavy atom. The van der Waals surface area contributed by atoms with E-state index in [0.29, 0.717) is 13.1 Å². The van der Waals surface area contributed by atoms with Crippen LogP contribution in [0.5, 0.6) is 0 Å². The molecule has 0 aromatic carbocycles. The summed E-state index contributed by atoms with van der Waals surface area (Å²) in [7, 11) is 0. The van der Waals surface area contributed by atoms with E-state index in [4.69, 9.17) is 7.10 Å². The van der Waals surface area contributed by atoms with E-state index >= 15 is 0 Å². The molecule has 0 aromatic heterocycles. The van der Waals surface area contributed by atoms with Gasteiger partial charge in [-0.2, -0.15) is 0 Å². The number of hydrogen-bond acceptors (Lipinski definition) is 4. The van der Waals surface area contributed by atoms with E-state index in [0.717, 1.165) is 12.8 Å². The number of hydrogen-bond donors (Lipinski definition) is 2. The molecule has 0 atom stereocenters. The second-order valence-corrected chi connectivity index (χ2v) is 4.52. The Bertz CT molecular complexity index is 338. The summed E-state index contributed by atoms with van der Waals surface area (Å²) in [5.41, 5.74) is 6.23. The van der Waals surface area contributed by atoms with Gasteiger partial charge in [0.1, 0.15) is 7.63 Å². The van der Waals surface area contributed by atoms with Crippen LogP contribution in [0.3, 0.4) is 0 Å². The normalized spacial score (nSPS) is 9.91. The SMILES string of the molecule is C.CCC(C)(CC)C(=O)NCC([NH-])=O.[2H]C(=O)CCNC[CH2-].[Y]. The van der Waals surface area contributed by atoms with Crippen molar-refractivity contribution in [1.82, 2.24) is 10.6 Å². The number of rotatable bonds is 9. The predicted octanol–water partition coefficient (Wildman–Crippen LogP) is 2.14. The van der Waals surface area contributed by atoms with Crippen LogP contribution in [0, 0.1) is 12.3 Å². The fourth-order valence-electron chi connectivity index (χ4n) is 1.21. The molecule has 0 aliphatic heterocycles. The molecule has 0 aliphatic carbocycles. The fourth-order valence-corrected chi connectivity index (χ4v) is 1.21. The Morgan fingerprint density at radius 2 is 1.86 bits per heavy atom. The largest absolute Gasteiger partial charge is 0.666 e. The van der Waals surface area contributed by atoms with Crippen molar-refractivity contribution < 1.29 is 48.5 Å². The zero-order valence-electron chi connectivity index (χ0n) is 14.3. The van der Waals surface area contributed by atoms with Gasteiger partial charge in [0.25, 0.3) is 0 Å². The quantitative estimate of drug-likeness (QED) is 0.357. The zero-order valence-corrected chi connectivity index (χ0v) is 16.1. The molecule has 0 bridgehead atoms. The molecular formula is C15H31N3O3Y-2. The minimum atomic E-state index is -0.761. The van der Waals surface area contributed by atoms with Crippen molar-refractivity contribution in [3.05, 3.63) is 12.7 Å². The van der Waals surface area contributed by atoms with Gasteiger partial charge in [-0.15, -0.1) is 6.54 Å². The van der Waals surface area contributed by atoms with E-state index in [1.807, 2.05) is 20.8 Å². The first kappa shape index (κ1) is 26.6. The molecule has 1 radical (unpaired) electrons. The van der Waals surface area contributed by atoms with Gasteiger partial charge < -0.3 is 32.9 Å². The first-order valence-electron chi connectivity index (χ1n) is 7.25. The predicted molar refractivity (Wildman–Crippen MR) is 86.7 cm³/mol. The van der Waals surface area contributed by atoms with E-state index in [2.05, 4.69) is 17.6 Å². The smallest absolute Gasteiger partial charge is 0.226 e. The van der Waals surface area contributed by atoms with Gasteiger partial charge in [-0.3, -0.25) is 4.79 Å². The van der Waals surface area contributed by atoms with Crippen molar-refractivity contribution in [3.63, 3.8) is 0 Å². The summed E-state index contributed by atoms with van der Waals surface area (Å²) in [6, 6.07) is 0. The third-order valence-electron chi connectivity index (χ3n) is 3.10. The van der Waals surface area contributed by atoms with Crippen LogP contribution in [-0.2, 0) is 47.1 Å². The molecule has 0 aliphatic rings. The summed E-state index contributed by atoms with van der Waals surface area (Å²) in [6.45, 7) is 10.2. The van der Waals surface area contributed by atoms with E-state index in [9.17, 15) is 14.4 Å². The average molecular weight is 391 g/mol. The number of aldehydes is 1. The summed E-state index contributed by atoms with van der Waals surface area (Å²) >= 11 is 0. The Labute approximate surface area is 162 Å². The van der Waals surface area contributed by atoms with Gasteiger partial charge in [0.2, 0.25) is 5.91 Å². The van der Waals surface area contributed by atoms with Crippen molar-refractivity contribution >= 4 is 18.1 Å². The van der Waals surface area contributed by atoms with Crippen LogP contribution >= 0.6 is 0 Å². The number of nitrogens with one attached hydrogen (secondary N) is 3. The van der Waals surface area contributed by atoms with Gasteiger partial charge in [0, 0.05) is 44.5 Å². The topological polar surface area (TPSA) is 99.1 Å². The molecule has 0 aromatic rings. The van der Waals surface area contributed by atoms with Crippen LogP contribution in [-0.4, -0.2) is 37.7 Å². The summed E-state index contributed by atoms with van der Waals surface area (Å²) in [6.07, 6.45) is 1.24. The molecule has 2 amide bonds. The number of carbonyl (C=O) groups is 3. The first-order valence-corrected chi connectivity index (χ1v) is 6.75. The zero-order chi connectivity index (χ0) is 16.9. The van der Waals surface area contributed by atoms with Crippen LogP contribution < -0.4 is 10.6 Å². The standard InChI is InChI=1S/C9H18N2O2.C5H10NO.CH4.Y/c1-4-9(3,5-2)8(13)11-6-7(10)12;1-2-6-4-3-5-7;;/h4-6H2,1-3H3,(H3,10,11,12,13);5-6H,1-4H2;1H4;/q;-1;;/p-1/i;5D;;.